The molecule has 0 fully saturated rings. The van der Waals surface area contributed by atoms with Crippen LogP contribution in [0.4, 0.5) is 11.5 Å². The highest BCUT2D eigenvalue weighted by atomic mass is 32.1. The fourth-order valence-corrected chi connectivity index (χ4v) is 3.44. The lowest BCUT2D eigenvalue weighted by atomic mass is 10.2. The van der Waals surface area contributed by atoms with Gasteiger partial charge in [-0.2, -0.15) is 0 Å². The van der Waals surface area contributed by atoms with Crippen molar-refractivity contribution in [2.45, 2.75) is 13.8 Å². The van der Waals surface area contributed by atoms with Crippen LogP contribution >= 0.6 is 11.3 Å². The maximum Gasteiger partial charge on any atom is 0.348 e. The number of nitrogens with zero attached hydrogens (tertiary/aromatic N) is 2. The van der Waals surface area contributed by atoms with E-state index in [9.17, 15) is 4.79 Å². The van der Waals surface area contributed by atoms with E-state index in [-0.39, 0.29) is 5.97 Å². The predicted octanol–water partition coefficient (Wildman–Crippen LogP) is 3.93. The van der Waals surface area contributed by atoms with Gasteiger partial charge < -0.3 is 14.8 Å². The van der Waals surface area contributed by atoms with E-state index in [0.29, 0.717) is 17.3 Å². The summed E-state index contributed by atoms with van der Waals surface area (Å²) in [5.74, 6) is 1.07. The molecule has 0 atom stereocenters. The predicted molar refractivity (Wildman–Crippen MR) is 94.4 cm³/mol. The monoisotopic (exact) mass is 343 g/mol. The van der Waals surface area contributed by atoms with Gasteiger partial charge in [0.1, 0.15) is 27.6 Å². The molecule has 124 valence electrons. The number of hydrogen-bond acceptors (Lipinski definition) is 7. The third kappa shape index (κ3) is 3.03. The van der Waals surface area contributed by atoms with Crippen LogP contribution < -0.4 is 10.1 Å². The number of rotatable bonds is 5. The smallest absolute Gasteiger partial charge is 0.348 e. The van der Waals surface area contributed by atoms with E-state index in [2.05, 4.69) is 15.3 Å². The van der Waals surface area contributed by atoms with Gasteiger partial charge >= 0.3 is 5.97 Å². The first-order chi connectivity index (χ1) is 11.6. The summed E-state index contributed by atoms with van der Waals surface area (Å²) < 4.78 is 10.3. The van der Waals surface area contributed by atoms with Crippen LogP contribution in [0, 0.1) is 6.92 Å². The van der Waals surface area contributed by atoms with Crippen molar-refractivity contribution in [3.8, 4) is 5.75 Å². The van der Waals surface area contributed by atoms with E-state index < -0.39 is 0 Å². The van der Waals surface area contributed by atoms with Gasteiger partial charge in [0.25, 0.3) is 0 Å². The van der Waals surface area contributed by atoms with Crippen molar-refractivity contribution < 1.29 is 14.3 Å². The zero-order valence-corrected chi connectivity index (χ0v) is 14.4. The first kappa shape index (κ1) is 16.2. The molecule has 3 aromatic rings. The molecular weight excluding hydrogens is 326 g/mol. The Hall–Kier alpha value is -2.67. The van der Waals surface area contributed by atoms with Gasteiger partial charge in [0.05, 0.1) is 19.1 Å². The number of nitrogens with one attached hydrogen (secondary N) is 1. The summed E-state index contributed by atoms with van der Waals surface area (Å²) in [6, 6.07) is 7.56. The molecule has 0 unspecified atom stereocenters. The summed E-state index contributed by atoms with van der Waals surface area (Å²) in [7, 11) is 1.62. The van der Waals surface area contributed by atoms with E-state index in [0.717, 1.165) is 27.2 Å². The van der Waals surface area contributed by atoms with Gasteiger partial charge in [0, 0.05) is 11.8 Å². The zero-order valence-electron chi connectivity index (χ0n) is 13.6. The fourth-order valence-electron chi connectivity index (χ4n) is 2.40. The largest absolute Gasteiger partial charge is 0.497 e. The number of thiophene rings is 1. The molecule has 0 saturated carbocycles. The molecule has 2 heterocycles. The number of ether oxygens (including phenoxy) is 2. The van der Waals surface area contributed by atoms with E-state index in [1.54, 1.807) is 14.0 Å². The minimum Gasteiger partial charge on any atom is -0.497 e. The average Bonchev–Trinajstić information content (AvgIpc) is 2.93. The molecule has 2 aromatic heterocycles. The number of carbonyl (C=O) groups excluding carboxylic acids is 1. The van der Waals surface area contributed by atoms with Crippen LogP contribution in [0.15, 0.2) is 30.6 Å². The van der Waals surface area contributed by atoms with E-state index in [1.807, 2.05) is 31.2 Å². The second-order valence-corrected chi connectivity index (χ2v) is 6.04. The third-order valence-corrected chi connectivity index (χ3v) is 4.70. The number of aromatic nitrogens is 2. The minimum absolute atomic E-state index is 0.328. The topological polar surface area (TPSA) is 73.3 Å². The van der Waals surface area contributed by atoms with Crippen LogP contribution in [0.3, 0.4) is 0 Å². The lowest BCUT2D eigenvalue weighted by molar-refractivity contribution is 0.0531. The summed E-state index contributed by atoms with van der Waals surface area (Å²) in [5.41, 5.74) is 1.66. The lowest BCUT2D eigenvalue weighted by Crippen LogP contribution is -2.03. The zero-order chi connectivity index (χ0) is 17.1. The van der Waals surface area contributed by atoms with Gasteiger partial charge in [0.2, 0.25) is 0 Å². The molecule has 0 aliphatic rings. The summed E-state index contributed by atoms with van der Waals surface area (Å²) in [6.45, 7) is 4.01. The number of aryl methyl sites for hydroxylation is 1. The fraction of sp³-hybridized carbons (Fsp3) is 0.235. The van der Waals surface area contributed by atoms with Crippen molar-refractivity contribution in [1.82, 2.24) is 9.97 Å². The van der Waals surface area contributed by atoms with Crippen molar-refractivity contribution in [2.75, 3.05) is 19.0 Å². The SMILES string of the molecule is CCOC(=O)c1sc2ncnc(Nc3cccc(OC)c3)c2c1C. The molecule has 6 nitrogen and oxygen atoms in total. The number of methoxy groups -OCH3 is 1. The standard InChI is InChI=1S/C17H17N3O3S/c1-4-23-17(21)14-10(2)13-15(18-9-19-16(13)24-14)20-11-6-5-7-12(8-11)22-3/h5-9H,4H2,1-3H3,(H,18,19,20). The number of carbonyl (C=O) groups is 1. The Balaban J connectivity index is 2.03. The Labute approximate surface area is 143 Å². The summed E-state index contributed by atoms with van der Waals surface area (Å²) >= 11 is 1.31. The molecule has 0 amide bonds. The molecule has 0 bridgehead atoms. The molecule has 0 radical (unpaired) electrons. The Morgan fingerprint density at radius 2 is 2.17 bits per heavy atom. The number of anilines is 2. The van der Waals surface area contributed by atoms with Gasteiger partial charge in [0.15, 0.2) is 0 Å². The van der Waals surface area contributed by atoms with E-state index in [1.165, 1.54) is 17.7 Å². The second kappa shape index (κ2) is 6.84. The third-order valence-electron chi connectivity index (χ3n) is 3.52. The van der Waals surface area contributed by atoms with Gasteiger partial charge in [-0.1, -0.05) is 6.07 Å². The molecular formula is C17H17N3O3S. The minimum atomic E-state index is -0.328. The van der Waals surface area contributed by atoms with Crippen molar-refractivity contribution in [3.05, 3.63) is 41.0 Å². The van der Waals surface area contributed by atoms with Crippen LogP contribution in [-0.4, -0.2) is 29.7 Å². The molecule has 0 aliphatic carbocycles. The second-order valence-electron chi connectivity index (χ2n) is 5.04. The summed E-state index contributed by atoms with van der Waals surface area (Å²) in [5, 5.41) is 4.10. The lowest BCUT2D eigenvalue weighted by Gasteiger charge is -2.08. The van der Waals surface area contributed by atoms with E-state index in [4.69, 9.17) is 9.47 Å². The summed E-state index contributed by atoms with van der Waals surface area (Å²) in [6.07, 6.45) is 1.48. The first-order valence-corrected chi connectivity index (χ1v) is 8.28. The highest BCUT2D eigenvalue weighted by Crippen LogP contribution is 2.35. The van der Waals surface area contributed by atoms with Crippen molar-refractivity contribution >= 4 is 39.0 Å². The maximum absolute atomic E-state index is 12.1. The Bertz CT molecular complexity index is 892. The molecule has 3 rings (SSSR count). The molecule has 1 N–H and O–H groups in total. The molecule has 0 spiro atoms. The quantitative estimate of drug-likeness (QED) is 0.708. The highest BCUT2D eigenvalue weighted by molar-refractivity contribution is 7.20. The molecule has 0 saturated heterocycles. The molecule has 1 aromatic carbocycles. The number of fused-ring (bicyclic) bond motifs is 1. The van der Waals surface area contributed by atoms with E-state index >= 15 is 0 Å². The van der Waals surface area contributed by atoms with Crippen LogP contribution in [-0.2, 0) is 4.74 Å². The van der Waals surface area contributed by atoms with Crippen molar-refractivity contribution in [3.63, 3.8) is 0 Å². The average molecular weight is 343 g/mol. The van der Waals surface area contributed by atoms with Crippen molar-refractivity contribution in [1.29, 1.82) is 0 Å². The number of hydrogen-bond donors (Lipinski definition) is 1. The van der Waals surface area contributed by atoms with Crippen LogP contribution in [0.1, 0.15) is 22.2 Å². The van der Waals surface area contributed by atoms with Crippen LogP contribution in [0.25, 0.3) is 10.2 Å². The van der Waals surface area contributed by atoms with Crippen LogP contribution in [0.5, 0.6) is 5.75 Å². The van der Waals surface area contributed by atoms with Gasteiger partial charge in [-0.3, -0.25) is 0 Å². The maximum atomic E-state index is 12.1. The Morgan fingerprint density at radius 3 is 2.92 bits per heavy atom. The highest BCUT2D eigenvalue weighted by Gasteiger charge is 2.20. The Kier molecular flexibility index (Phi) is 4.61. The summed E-state index contributed by atoms with van der Waals surface area (Å²) in [4.78, 5) is 22.0. The Morgan fingerprint density at radius 1 is 1.33 bits per heavy atom. The molecule has 24 heavy (non-hydrogen) atoms. The number of benzene rings is 1. The van der Waals surface area contributed by atoms with Crippen molar-refractivity contribution in [2.24, 2.45) is 0 Å². The van der Waals surface area contributed by atoms with Gasteiger partial charge in [-0.05, 0) is 31.5 Å². The molecule has 7 heteroatoms. The van der Waals surface area contributed by atoms with Gasteiger partial charge in [-0.15, -0.1) is 11.3 Å². The van der Waals surface area contributed by atoms with Crippen LogP contribution in [0.2, 0.25) is 0 Å². The molecule has 0 aliphatic heterocycles. The normalized spacial score (nSPS) is 10.6. The van der Waals surface area contributed by atoms with Gasteiger partial charge in [-0.25, -0.2) is 14.8 Å². The number of esters is 1. The first-order valence-electron chi connectivity index (χ1n) is 7.46.